The van der Waals surface area contributed by atoms with Crippen LogP contribution in [0.3, 0.4) is 0 Å². The van der Waals surface area contributed by atoms with Crippen molar-refractivity contribution in [3.63, 3.8) is 0 Å². The molecular formula is C29H39Cl2N5O2. The summed E-state index contributed by atoms with van der Waals surface area (Å²) in [6, 6.07) is 11.9. The monoisotopic (exact) mass is 559 g/mol. The number of likely N-dealkylation sites (tertiary alicyclic amines) is 1. The number of rotatable bonds is 8. The van der Waals surface area contributed by atoms with Crippen LogP contribution < -0.4 is 4.90 Å². The lowest BCUT2D eigenvalue weighted by atomic mass is 9.71. The molecule has 0 radical (unpaired) electrons. The first-order valence-corrected chi connectivity index (χ1v) is 14.4. The minimum absolute atomic E-state index is 0.0982. The van der Waals surface area contributed by atoms with E-state index in [1.165, 1.54) is 0 Å². The van der Waals surface area contributed by atoms with Gasteiger partial charge in [0.1, 0.15) is 5.82 Å². The van der Waals surface area contributed by atoms with Gasteiger partial charge in [-0.25, -0.2) is 9.78 Å². The average molecular weight is 561 g/mol. The molecule has 1 aromatic carbocycles. The molecule has 38 heavy (non-hydrogen) atoms. The number of carbonyl (C=O) groups is 2. The van der Waals surface area contributed by atoms with Crippen LogP contribution >= 0.6 is 23.2 Å². The Morgan fingerprint density at radius 1 is 1.11 bits per heavy atom. The molecule has 1 aromatic heterocycles. The molecule has 0 unspecified atom stereocenters. The lowest BCUT2D eigenvalue weighted by Crippen LogP contribution is -2.52. The summed E-state index contributed by atoms with van der Waals surface area (Å²) in [5.41, 5.74) is 0.853. The number of hydrogen-bond donors (Lipinski definition) is 0. The summed E-state index contributed by atoms with van der Waals surface area (Å²) in [6.07, 6.45) is 5.75. The van der Waals surface area contributed by atoms with Crippen LogP contribution in [0.15, 0.2) is 42.6 Å². The molecule has 2 aliphatic rings. The fraction of sp³-hybridized carbons (Fsp3) is 0.552. The highest BCUT2D eigenvalue weighted by Gasteiger charge is 2.41. The fourth-order valence-electron chi connectivity index (χ4n) is 5.86. The van der Waals surface area contributed by atoms with Gasteiger partial charge in [0.2, 0.25) is 5.91 Å². The number of halogens is 2. The summed E-state index contributed by atoms with van der Waals surface area (Å²) in [5.74, 6) is 0.782. The first-order chi connectivity index (χ1) is 18.3. The molecule has 2 fully saturated rings. The lowest BCUT2D eigenvalue weighted by molar-refractivity contribution is -0.120. The quantitative estimate of drug-likeness (QED) is 0.416. The topological polar surface area (TPSA) is 60.0 Å². The Bertz CT molecular complexity index is 1110. The zero-order valence-corrected chi connectivity index (χ0v) is 24.2. The van der Waals surface area contributed by atoms with Crippen LogP contribution in [0.5, 0.6) is 0 Å². The number of carbonyl (C=O) groups excluding carboxylic acids is 2. The van der Waals surface area contributed by atoms with Gasteiger partial charge in [-0.05, 0) is 75.9 Å². The molecule has 0 aliphatic carbocycles. The normalized spacial score (nSPS) is 21.0. The Kier molecular flexibility index (Phi) is 9.55. The second kappa shape index (κ2) is 12.7. The summed E-state index contributed by atoms with van der Waals surface area (Å²) < 4.78 is 0. The van der Waals surface area contributed by atoms with Crippen LogP contribution in [0.2, 0.25) is 10.0 Å². The summed E-state index contributed by atoms with van der Waals surface area (Å²) in [7, 11) is 1.94. The Balaban J connectivity index is 1.47. The van der Waals surface area contributed by atoms with Gasteiger partial charge < -0.3 is 14.7 Å². The van der Waals surface area contributed by atoms with Crippen molar-refractivity contribution in [1.82, 2.24) is 19.7 Å². The third-order valence-corrected chi connectivity index (χ3v) is 9.12. The van der Waals surface area contributed by atoms with Crippen molar-refractivity contribution >= 4 is 41.0 Å². The molecule has 1 atom stereocenters. The van der Waals surface area contributed by atoms with Crippen molar-refractivity contribution in [2.75, 3.05) is 51.2 Å². The van der Waals surface area contributed by atoms with E-state index >= 15 is 0 Å². The first-order valence-electron chi connectivity index (χ1n) is 13.7. The maximum Gasteiger partial charge on any atom is 0.319 e. The number of anilines is 1. The van der Waals surface area contributed by atoms with Crippen LogP contribution in [0.25, 0.3) is 0 Å². The first kappa shape index (κ1) is 28.7. The van der Waals surface area contributed by atoms with Crippen LogP contribution in [-0.2, 0) is 10.2 Å². The number of amides is 3. The molecule has 9 heteroatoms. The number of piperidine rings is 2. The molecule has 0 saturated carbocycles. The van der Waals surface area contributed by atoms with Crippen molar-refractivity contribution in [3.8, 4) is 0 Å². The predicted octanol–water partition coefficient (Wildman–Crippen LogP) is 5.70. The molecule has 0 N–H and O–H groups in total. The maximum absolute atomic E-state index is 13.0. The van der Waals surface area contributed by atoms with Crippen molar-refractivity contribution in [2.45, 2.75) is 57.4 Å². The Labute approximate surface area is 236 Å². The molecule has 206 valence electrons. The van der Waals surface area contributed by atoms with Gasteiger partial charge in [-0.15, -0.1) is 0 Å². The van der Waals surface area contributed by atoms with Crippen molar-refractivity contribution in [3.05, 3.63) is 58.2 Å². The summed E-state index contributed by atoms with van der Waals surface area (Å²) >= 11 is 12.7. The molecule has 0 spiro atoms. The van der Waals surface area contributed by atoms with E-state index in [0.717, 1.165) is 64.0 Å². The van der Waals surface area contributed by atoms with E-state index in [1.807, 2.05) is 65.9 Å². The fourth-order valence-corrected chi connectivity index (χ4v) is 6.16. The minimum atomic E-state index is -0.258. The summed E-state index contributed by atoms with van der Waals surface area (Å²) in [5, 5.41) is 1.07. The van der Waals surface area contributed by atoms with E-state index in [4.69, 9.17) is 23.2 Å². The standard InChI is InChI=1S/C29H39Cl2N5O2/c1-4-35(5-2)28(38)33(3)23-12-17-34(18-13-23)19-15-29(22-9-10-24(30)25(31)20-22)14-11-27(37)36(21-29)26-8-6-7-16-32-26/h6-10,16,20,23H,4-5,11-15,17-19,21H2,1-3H3/t29-/m1/s1. The molecule has 7 nitrogen and oxygen atoms in total. The molecule has 2 aromatic rings. The zero-order chi connectivity index (χ0) is 27.3. The minimum Gasteiger partial charge on any atom is -0.325 e. The molecule has 3 amide bonds. The van der Waals surface area contributed by atoms with E-state index in [2.05, 4.69) is 16.0 Å². The highest BCUT2D eigenvalue weighted by atomic mass is 35.5. The van der Waals surface area contributed by atoms with Crippen LogP contribution in [0.1, 0.15) is 51.5 Å². The van der Waals surface area contributed by atoms with Gasteiger partial charge in [0, 0.05) is 63.8 Å². The van der Waals surface area contributed by atoms with Gasteiger partial charge in [0.15, 0.2) is 0 Å². The van der Waals surface area contributed by atoms with E-state index < -0.39 is 0 Å². The van der Waals surface area contributed by atoms with E-state index in [0.29, 0.717) is 28.8 Å². The van der Waals surface area contributed by atoms with E-state index in [9.17, 15) is 9.59 Å². The number of aromatic nitrogens is 1. The number of nitrogens with zero attached hydrogens (tertiary/aromatic N) is 5. The van der Waals surface area contributed by atoms with Gasteiger partial charge in [0.25, 0.3) is 0 Å². The Morgan fingerprint density at radius 2 is 1.84 bits per heavy atom. The van der Waals surface area contributed by atoms with Gasteiger partial charge in [-0.2, -0.15) is 0 Å². The van der Waals surface area contributed by atoms with Gasteiger partial charge in [-0.3, -0.25) is 9.69 Å². The third-order valence-electron chi connectivity index (χ3n) is 8.38. The van der Waals surface area contributed by atoms with E-state index in [1.54, 1.807) is 6.20 Å². The number of pyridine rings is 1. The summed E-state index contributed by atoms with van der Waals surface area (Å²) in [6.45, 7) is 8.86. The van der Waals surface area contributed by atoms with Crippen LogP contribution in [0.4, 0.5) is 10.6 Å². The molecular weight excluding hydrogens is 521 g/mol. The summed E-state index contributed by atoms with van der Waals surface area (Å²) in [4.78, 5) is 38.4. The molecule has 2 aliphatic heterocycles. The highest BCUT2D eigenvalue weighted by molar-refractivity contribution is 6.42. The van der Waals surface area contributed by atoms with Crippen molar-refractivity contribution < 1.29 is 9.59 Å². The largest absolute Gasteiger partial charge is 0.325 e. The number of hydrogen-bond acceptors (Lipinski definition) is 4. The van der Waals surface area contributed by atoms with E-state index in [-0.39, 0.29) is 23.4 Å². The van der Waals surface area contributed by atoms with Crippen molar-refractivity contribution in [2.24, 2.45) is 0 Å². The molecule has 4 rings (SSSR count). The van der Waals surface area contributed by atoms with Crippen LogP contribution in [0, 0.1) is 0 Å². The third kappa shape index (κ3) is 6.27. The van der Waals surface area contributed by atoms with Gasteiger partial charge in [0.05, 0.1) is 10.0 Å². The predicted molar refractivity (Wildman–Crippen MR) is 154 cm³/mol. The average Bonchev–Trinajstić information content (AvgIpc) is 2.95. The zero-order valence-electron chi connectivity index (χ0n) is 22.7. The second-order valence-electron chi connectivity index (χ2n) is 10.5. The molecule has 0 bridgehead atoms. The highest BCUT2D eigenvalue weighted by Crippen LogP contribution is 2.41. The van der Waals surface area contributed by atoms with Gasteiger partial charge >= 0.3 is 6.03 Å². The molecule has 3 heterocycles. The SMILES string of the molecule is CCN(CC)C(=O)N(C)C1CCN(CC[C@]2(c3ccc(Cl)c(Cl)c3)CCC(=O)N(c3ccccn3)C2)CC1. The number of benzene rings is 1. The molecule has 2 saturated heterocycles. The van der Waals surface area contributed by atoms with Crippen LogP contribution in [-0.4, -0.2) is 84.0 Å². The Morgan fingerprint density at radius 3 is 2.47 bits per heavy atom. The smallest absolute Gasteiger partial charge is 0.319 e. The second-order valence-corrected chi connectivity index (χ2v) is 11.3. The Hall–Kier alpha value is -2.35. The number of urea groups is 1. The maximum atomic E-state index is 13.0. The lowest BCUT2D eigenvalue weighted by Gasteiger charge is -2.44. The van der Waals surface area contributed by atoms with Crippen molar-refractivity contribution in [1.29, 1.82) is 0 Å². The van der Waals surface area contributed by atoms with Gasteiger partial charge in [-0.1, -0.05) is 35.3 Å².